The maximum Gasteiger partial charge on any atom is 0.151 e. The van der Waals surface area contributed by atoms with Crippen LogP contribution in [0.4, 0.5) is 11.5 Å². The lowest BCUT2D eigenvalue weighted by Crippen LogP contribution is -2.42. The molecule has 2 heterocycles. The van der Waals surface area contributed by atoms with Gasteiger partial charge in [0.15, 0.2) is 5.82 Å². The second kappa shape index (κ2) is 4.60. The molecule has 0 amide bonds. The predicted molar refractivity (Wildman–Crippen MR) is 65.4 cm³/mol. The van der Waals surface area contributed by atoms with Gasteiger partial charge in [-0.05, 0) is 18.4 Å². The van der Waals surface area contributed by atoms with Crippen LogP contribution < -0.4 is 10.6 Å². The van der Waals surface area contributed by atoms with Gasteiger partial charge in [0.05, 0.1) is 17.4 Å². The molecule has 5 heteroatoms. The third kappa shape index (κ3) is 2.32. The van der Waals surface area contributed by atoms with Crippen LogP contribution in [0.15, 0.2) is 12.3 Å². The summed E-state index contributed by atoms with van der Waals surface area (Å²) >= 11 is 0. The Labute approximate surface area is 100 Å². The average Bonchev–Trinajstić information content (AvgIpc) is 2.32. The first-order valence-electron chi connectivity index (χ1n) is 5.70. The first kappa shape index (κ1) is 11.7. The second-order valence-electron chi connectivity index (χ2n) is 4.53. The fourth-order valence-electron chi connectivity index (χ4n) is 2.13. The van der Waals surface area contributed by atoms with E-state index in [1.165, 1.54) is 6.20 Å². The topological polar surface area (TPSA) is 86.2 Å². The third-order valence-electron chi connectivity index (χ3n) is 3.18. The molecule has 0 saturated carbocycles. The lowest BCUT2D eigenvalue weighted by molar-refractivity contribution is 0.0969. The second-order valence-corrected chi connectivity index (χ2v) is 4.53. The highest BCUT2D eigenvalue weighted by Crippen LogP contribution is 2.26. The quantitative estimate of drug-likeness (QED) is 0.746. The van der Waals surface area contributed by atoms with Crippen molar-refractivity contribution in [1.82, 2.24) is 4.98 Å². The van der Waals surface area contributed by atoms with E-state index in [-0.39, 0.29) is 12.0 Å². The molecule has 17 heavy (non-hydrogen) atoms. The van der Waals surface area contributed by atoms with Crippen LogP contribution in [-0.2, 0) is 0 Å². The van der Waals surface area contributed by atoms with E-state index >= 15 is 0 Å². The lowest BCUT2D eigenvalue weighted by atomic mass is 9.97. The van der Waals surface area contributed by atoms with Crippen molar-refractivity contribution in [3.05, 3.63) is 17.8 Å². The molecule has 2 rings (SSSR count). The predicted octanol–water partition coefficient (Wildman–Crippen LogP) is 0.743. The van der Waals surface area contributed by atoms with Crippen LogP contribution >= 0.6 is 0 Å². The van der Waals surface area contributed by atoms with Crippen LogP contribution in [0.2, 0.25) is 0 Å². The van der Waals surface area contributed by atoms with Crippen molar-refractivity contribution in [3.8, 4) is 6.07 Å². The van der Waals surface area contributed by atoms with Crippen molar-refractivity contribution < 1.29 is 5.11 Å². The number of hydrogen-bond acceptors (Lipinski definition) is 5. The number of pyridine rings is 1. The number of hydrogen-bond donors (Lipinski definition) is 2. The highest BCUT2D eigenvalue weighted by Gasteiger charge is 2.25. The maximum atomic E-state index is 9.67. The summed E-state index contributed by atoms with van der Waals surface area (Å²) in [4.78, 5) is 6.29. The van der Waals surface area contributed by atoms with Gasteiger partial charge in [0, 0.05) is 19.3 Å². The Balaban J connectivity index is 2.21. The molecule has 0 radical (unpaired) electrons. The van der Waals surface area contributed by atoms with Gasteiger partial charge < -0.3 is 15.7 Å². The fourth-order valence-corrected chi connectivity index (χ4v) is 2.13. The minimum absolute atomic E-state index is 0.209. The van der Waals surface area contributed by atoms with Crippen LogP contribution in [0.3, 0.4) is 0 Å². The Kier molecular flexibility index (Phi) is 3.16. The number of aromatic nitrogens is 1. The maximum absolute atomic E-state index is 9.67. The summed E-state index contributed by atoms with van der Waals surface area (Å²) in [6.45, 7) is 3.50. The first-order chi connectivity index (χ1) is 8.11. The molecule has 1 aliphatic heterocycles. The molecule has 5 nitrogen and oxygen atoms in total. The Hall–Kier alpha value is -1.80. The van der Waals surface area contributed by atoms with E-state index in [2.05, 4.69) is 9.88 Å². The first-order valence-corrected chi connectivity index (χ1v) is 5.70. The van der Waals surface area contributed by atoms with E-state index in [4.69, 9.17) is 11.0 Å². The van der Waals surface area contributed by atoms with Crippen LogP contribution in [0, 0.1) is 17.2 Å². The van der Waals surface area contributed by atoms with E-state index < -0.39 is 0 Å². The van der Waals surface area contributed by atoms with E-state index in [9.17, 15) is 5.11 Å². The van der Waals surface area contributed by atoms with Crippen molar-refractivity contribution in [2.45, 2.75) is 19.4 Å². The largest absolute Gasteiger partial charge is 0.396 e. The molecule has 1 aromatic heterocycles. The van der Waals surface area contributed by atoms with Gasteiger partial charge in [-0.25, -0.2) is 4.98 Å². The summed E-state index contributed by atoms with van der Waals surface area (Å²) in [6, 6.07) is 3.65. The average molecular weight is 232 g/mol. The van der Waals surface area contributed by atoms with Gasteiger partial charge >= 0.3 is 0 Å². The molecular weight excluding hydrogens is 216 g/mol. The van der Waals surface area contributed by atoms with Crippen molar-refractivity contribution in [3.63, 3.8) is 0 Å². The highest BCUT2D eigenvalue weighted by molar-refractivity contribution is 5.64. The molecule has 90 valence electrons. The van der Waals surface area contributed by atoms with Crippen molar-refractivity contribution >= 4 is 11.5 Å². The number of aliphatic hydroxyl groups is 1. The number of nitrogens with two attached hydrogens (primary N) is 1. The molecule has 0 bridgehead atoms. The normalized spacial score (nSPS) is 24.4. The fraction of sp³-hybridized carbons (Fsp3) is 0.500. The van der Waals surface area contributed by atoms with Gasteiger partial charge in [-0.15, -0.1) is 0 Å². The number of nitriles is 1. The van der Waals surface area contributed by atoms with Crippen LogP contribution in [0.1, 0.15) is 18.9 Å². The third-order valence-corrected chi connectivity index (χ3v) is 3.18. The van der Waals surface area contributed by atoms with Gasteiger partial charge in [0.1, 0.15) is 6.07 Å². The summed E-state index contributed by atoms with van der Waals surface area (Å²) in [5, 5.41) is 18.4. The van der Waals surface area contributed by atoms with Gasteiger partial charge in [0.25, 0.3) is 0 Å². The van der Waals surface area contributed by atoms with Gasteiger partial charge in [-0.1, -0.05) is 6.92 Å². The number of nitrogen functional groups attached to an aromatic ring is 1. The zero-order valence-corrected chi connectivity index (χ0v) is 9.80. The molecule has 1 saturated heterocycles. The number of anilines is 2. The standard InChI is InChI=1S/C12H16N4O/c1-8-7-16(3-2-11(8)17)12-10(14)4-9(5-13)6-15-12/h4,6,8,11,17H,2-3,7,14H2,1H3. The molecule has 1 aromatic rings. The van der Waals surface area contributed by atoms with Crippen molar-refractivity contribution in [2.75, 3.05) is 23.7 Å². The lowest BCUT2D eigenvalue weighted by Gasteiger charge is -2.35. The van der Waals surface area contributed by atoms with Gasteiger partial charge in [0.2, 0.25) is 0 Å². The Morgan fingerprint density at radius 3 is 3.00 bits per heavy atom. The Morgan fingerprint density at radius 1 is 1.65 bits per heavy atom. The minimum Gasteiger partial charge on any atom is -0.396 e. The summed E-state index contributed by atoms with van der Waals surface area (Å²) in [5.41, 5.74) is 6.88. The van der Waals surface area contributed by atoms with E-state index in [1.807, 2.05) is 13.0 Å². The number of nitrogens with zero attached hydrogens (tertiary/aromatic N) is 3. The Bertz CT molecular complexity index is 454. The van der Waals surface area contributed by atoms with Gasteiger partial charge in [-0.2, -0.15) is 5.26 Å². The zero-order chi connectivity index (χ0) is 12.4. The summed E-state index contributed by atoms with van der Waals surface area (Å²) in [6.07, 6.45) is 2.01. The van der Waals surface area contributed by atoms with Crippen LogP contribution in [0.5, 0.6) is 0 Å². The molecule has 0 spiro atoms. The van der Waals surface area contributed by atoms with Crippen LogP contribution in [-0.4, -0.2) is 29.3 Å². The SMILES string of the molecule is CC1CN(c2ncc(C#N)cc2N)CCC1O. The monoisotopic (exact) mass is 232 g/mol. The molecule has 0 aromatic carbocycles. The molecular formula is C12H16N4O. The molecule has 3 N–H and O–H groups in total. The van der Waals surface area contributed by atoms with E-state index in [0.29, 0.717) is 17.1 Å². The molecule has 1 aliphatic rings. The van der Waals surface area contributed by atoms with Gasteiger partial charge in [-0.3, -0.25) is 0 Å². The zero-order valence-electron chi connectivity index (χ0n) is 9.80. The smallest absolute Gasteiger partial charge is 0.151 e. The molecule has 0 aliphatic carbocycles. The number of aliphatic hydroxyl groups excluding tert-OH is 1. The molecule has 2 unspecified atom stereocenters. The summed E-state index contributed by atoms with van der Waals surface area (Å²) < 4.78 is 0. The Morgan fingerprint density at radius 2 is 2.41 bits per heavy atom. The van der Waals surface area contributed by atoms with Crippen LogP contribution in [0.25, 0.3) is 0 Å². The molecule has 1 fully saturated rings. The summed E-state index contributed by atoms with van der Waals surface area (Å²) in [7, 11) is 0. The summed E-state index contributed by atoms with van der Waals surface area (Å²) in [5.74, 6) is 0.920. The van der Waals surface area contributed by atoms with Crippen molar-refractivity contribution in [1.29, 1.82) is 5.26 Å². The number of rotatable bonds is 1. The minimum atomic E-state index is -0.245. The highest BCUT2D eigenvalue weighted by atomic mass is 16.3. The van der Waals surface area contributed by atoms with E-state index in [0.717, 1.165) is 19.5 Å². The van der Waals surface area contributed by atoms with Crippen molar-refractivity contribution in [2.24, 2.45) is 5.92 Å². The number of piperidine rings is 1. The van der Waals surface area contributed by atoms with E-state index in [1.54, 1.807) is 6.07 Å². The molecule has 2 atom stereocenters.